The normalized spacial score (nSPS) is 10.7. The molecule has 0 saturated heterocycles. The summed E-state index contributed by atoms with van der Waals surface area (Å²) in [4.78, 5) is 4.44. The van der Waals surface area contributed by atoms with Crippen molar-refractivity contribution in [2.45, 2.75) is 19.9 Å². The minimum Gasteiger partial charge on any atom is -0.496 e. The van der Waals surface area contributed by atoms with E-state index < -0.39 is 0 Å². The fraction of sp³-hybridized carbons (Fsp3) is 0.357. The molecular formula is C14H19N3O. The predicted octanol–water partition coefficient (Wildman–Crippen LogP) is 2.12. The number of hydrogen-bond donors (Lipinski definition) is 1. The maximum atomic E-state index is 5.79. The van der Waals surface area contributed by atoms with Crippen LogP contribution in [-0.4, -0.2) is 16.7 Å². The molecule has 0 aliphatic carbocycles. The Morgan fingerprint density at radius 3 is 2.78 bits per heavy atom. The molecule has 1 aromatic carbocycles. The summed E-state index contributed by atoms with van der Waals surface area (Å²) in [6, 6.07) is 6.19. The standard InChI is InChI=1S/C14H19N3O/c1-4-10-5-6-13(18-3)11(7-10)14-12(8-15)17(2)9-16-14/h5-7,9H,4,8,15H2,1-3H3. The molecule has 0 amide bonds. The van der Waals surface area contributed by atoms with E-state index in [4.69, 9.17) is 10.5 Å². The summed E-state index contributed by atoms with van der Waals surface area (Å²) in [5.41, 5.74) is 9.99. The average Bonchev–Trinajstić information content (AvgIpc) is 2.78. The molecule has 0 aliphatic heterocycles. The van der Waals surface area contributed by atoms with Crippen LogP contribution in [0.25, 0.3) is 11.3 Å². The molecule has 0 unspecified atom stereocenters. The second-order valence-electron chi connectivity index (χ2n) is 4.24. The van der Waals surface area contributed by atoms with E-state index in [0.717, 1.165) is 29.1 Å². The number of nitrogens with zero attached hydrogens (tertiary/aromatic N) is 2. The maximum Gasteiger partial charge on any atom is 0.128 e. The Hall–Kier alpha value is -1.81. The molecule has 0 fully saturated rings. The molecule has 1 aromatic heterocycles. The van der Waals surface area contributed by atoms with Gasteiger partial charge in [-0.2, -0.15) is 0 Å². The zero-order chi connectivity index (χ0) is 13.1. The van der Waals surface area contributed by atoms with Gasteiger partial charge in [0.1, 0.15) is 5.75 Å². The summed E-state index contributed by atoms with van der Waals surface area (Å²) >= 11 is 0. The van der Waals surface area contributed by atoms with Crippen molar-refractivity contribution in [1.82, 2.24) is 9.55 Å². The van der Waals surface area contributed by atoms with E-state index >= 15 is 0 Å². The Bertz CT molecular complexity index is 546. The maximum absolute atomic E-state index is 5.79. The molecule has 2 N–H and O–H groups in total. The lowest BCUT2D eigenvalue weighted by molar-refractivity contribution is 0.416. The minimum absolute atomic E-state index is 0.464. The largest absolute Gasteiger partial charge is 0.496 e. The van der Waals surface area contributed by atoms with Crippen LogP contribution in [0.5, 0.6) is 5.75 Å². The molecule has 0 saturated carbocycles. The van der Waals surface area contributed by atoms with Crippen molar-refractivity contribution in [3.05, 3.63) is 35.8 Å². The van der Waals surface area contributed by atoms with Crippen molar-refractivity contribution in [2.75, 3.05) is 7.11 Å². The van der Waals surface area contributed by atoms with Gasteiger partial charge in [0.2, 0.25) is 0 Å². The van der Waals surface area contributed by atoms with E-state index in [1.807, 2.05) is 17.7 Å². The van der Waals surface area contributed by atoms with Crippen LogP contribution >= 0.6 is 0 Å². The van der Waals surface area contributed by atoms with Gasteiger partial charge in [-0.3, -0.25) is 0 Å². The van der Waals surface area contributed by atoms with Gasteiger partial charge in [-0.15, -0.1) is 0 Å². The number of aromatic nitrogens is 2. The highest BCUT2D eigenvalue weighted by atomic mass is 16.5. The summed E-state index contributed by atoms with van der Waals surface area (Å²) in [7, 11) is 3.63. The Kier molecular flexibility index (Phi) is 3.67. The summed E-state index contributed by atoms with van der Waals surface area (Å²) in [5, 5.41) is 0. The summed E-state index contributed by atoms with van der Waals surface area (Å²) in [6.45, 7) is 2.60. The van der Waals surface area contributed by atoms with Crippen molar-refractivity contribution in [2.24, 2.45) is 12.8 Å². The number of aryl methyl sites for hydroxylation is 2. The van der Waals surface area contributed by atoms with E-state index in [9.17, 15) is 0 Å². The fourth-order valence-electron chi connectivity index (χ4n) is 2.08. The molecule has 18 heavy (non-hydrogen) atoms. The van der Waals surface area contributed by atoms with Crippen LogP contribution in [0.4, 0.5) is 0 Å². The number of nitrogens with two attached hydrogens (primary N) is 1. The molecule has 4 nitrogen and oxygen atoms in total. The lowest BCUT2D eigenvalue weighted by atomic mass is 10.0. The van der Waals surface area contributed by atoms with Crippen molar-refractivity contribution < 1.29 is 4.74 Å². The van der Waals surface area contributed by atoms with Crippen LogP contribution in [0, 0.1) is 0 Å². The molecule has 4 heteroatoms. The number of hydrogen-bond acceptors (Lipinski definition) is 3. The molecule has 96 valence electrons. The Labute approximate surface area is 107 Å². The molecule has 1 heterocycles. The van der Waals surface area contributed by atoms with E-state index in [1.165, 1.54) is 5.56 Å². The lowest BCUT2D eigenvalue weighted by Crippen LogP contribution is -2.04. The Morgan fingerprint density at radius 2 is 2.17 bits per heavy atom. The summed E-state index contributed by atoms with van der Waals surface area (Å²) < 4.78 is 7.37. The molecule has 0 bridgehead atoms. The van der Waals surface area contributed by atoms with E-state index in [0.29, 0.717) is 6.54 Å². The van der Waals surface area contributed by atoms with Crippen molar-refractivity contribution in [1.29, 1.82) is 0 Å². The second-order valence-corrected chi connectivity index (χ2v) is 4.24. The van der Waals surface area contributed by atoms with Crippen LogP contribution in [0.3, 0.4) is 0 Å². The third kappa shape index (κ3) is 2.11. The summed E-state index contributed by atoms with van der Waals surface area (Å²) in [5.74, 6) is 0.834. The first-order valence-corrected chi connectivity index (χ1v) is 6.08. The number of rotatable bonds is 4. The van der Waals surface area contributed by atoms with Gasteiger partial charge in [-0.05, 0) is 24.1 Å². The van der Waals surface area contributed by atoms with Crippen molar-refractivity contribution in [3.8, 4) is 17.0 Å². The monoisotopic (exact) mass is 245 g/mol. The van der Waals surface area contributed by atoms with Gasteiger partial charge in [0.15, 0.2) is 0 Å². The Morgan fingerprint density at radius 1 is 1.39 bits per heavy atom. The molecular weight excluding hydrogens is 226 g/mol. The van der Waals surface area contributed by atoms with Crippen LogP contribution < -0.4 is 10.5 Å². The van der Waals surface area contributed by atoms with Crippen molar-refractivity contribution >= 4 is 0 Å². The molecule has 0 spiro atoms. The van der Waals surface area contributed by atoms with E-state index in [1.54, 1.807) is 13.4 Å². The van der Waals surface area contributed by atoms with Crippen LogP contribution in [-0.2, 0) is 20.0 Å². The van der Waals surface area contributed by atoms with Crippen LogP contribution in [0.1, 0.15) is 18.2 Å². The highest BCUT2D eigenvalue weighted by Crippen LogP contribution is 2.32. The molecule has 0 atom stereocenters. The minimum atomic E-state index is 0.464. The lowest BCUT2D eigenvalue weighted by Gasteiger charge is -2.10. The number of imidazole rings is 1. The third-order valence-corrected chi connectivity index (χ3v) is 3.18. The van der Waals surface area contributed by atoms with Gasteiger partial charge in [0.05, 0.1) is 24.8 Å². The summed E-state index contributed by atoms with van der Waals surface area (Å²) in [6.07, 6.45) is 2.78. The van der Waals surface area contributed by atoms with Gasteiger partial charge < -0.3 is 15.0 Å². The highest BCUT2D eigenvalue weighted by Gasteiger charge is 2.14. The van der Waals surface area contributed by atoms with Gasteiger partial charge in [0, 0.05) is 19.2 Å². The van der Waals surface area contributed by atoms with Crippen LogP contribution in [0.15, 0.2) is 24.5 Å². The second kappa shape index (κ2) is 5.23. The SMILES string of the molecule is CCc1ccc(OC)c(-c2ncn(C)c2CN)c1. The molecule has 0 radical (unpaired) electrons. The Balaban J connectivity index is 2.60. The zero-order valence-corrected chi connectivity index (χ0v) is 11.1. The number of methoxy groups -OCH3 is 1. The fourth-order valence-corrected chi connectivity index (χ4v) is 2.08. The van der Waals surface area contributed by atoms with E-state index in [-0.39, 0.29) is 0 Å². The first-order valence-electron chi connectivity index (χ1n) is 6.08. The number of benzene rings is 1. The van der Waals surface area contributed by atoms with Gasteiger partial charge in [-0.1, -0.05) is 13.0 Å². The first-order chi connectivity index (χ1) is 8.71. The topological polar surface area (TPSA) is 53.1 Å². The van der Waals surface area contributed by atoms with Crippen molar-refractivity contribution in [3.63, 3.8) is 0 Å². The van der Waals surface area contributed by atoms with Crippen LogP contribution in [0.2, 0.25) is 0 Å². The molecule has 0 aliphatic rings. The predicted molar refractivity (Wildman–Crippen MR) is 72.5 cm³/mol. The average molecular weight is 245 g/mol. The quantitative estimate of drug-likeness (QED) is 0.897. The molecule has 2 rings (SSSR count). The van der Waals surface area contributed by atoms with E-state index in [2.05, 4.69) is 24.0 Å². The molecule has 2 aromatic rings. The first kappa shape index (κ1) is 12.6. The third-order valence-electron chi connectivity index (χ3n) is 3.18. The van der Waals surface area contributed by atoms with Gasteiger partial charge >= 0.3 is 0 Å². The number of ether oxygens (including phenoxy) is 1. The van der Waals surface area contributed by atoms with Gasteiger partial charge in [-0.25, -0.2) is 4.98 Å². The van der Waals surface area contributed by atoms with Gasteiger partial charge in [0.25, 0.3) is 0 Å². The highest BCUT2D eigenvalue weighted by molar-refractivity contribution is 5.70. The smallest absolute Gasteiger partial charge is 0.128 e. The zero-order valence-electron chi connectivity index (χ0n) is 11.1.